The van der Waals surface area contributed by atoms with E-state index in [0.29, 0.717) is 19.4 Å². The molecule has 0 bridgehead atoms. The van der Waals surface area contributed by atoms with Crippen LogP contribution in [-0.2, 0) is 9.53 Å². The first kappa shape index (κ1) is 20.4. The van der Waals surface area contributed by atoms with Crippen molar-refractivity contribution in [3.05, 3.63) is 65.7 Å². The quantitative estimate of drug-likeness (QED) is 0.676. The van der Waals surface area contributed by atoms with Crippen molar-refractivity contribution in [1.82, 2.24) is 10.2 Å². The average Bonchev–Trinajstić information content (AvgIpc) is 2.73. The van der Waals surface area contributed by atoms with Crippen LogP contribution in [0.5, 0.6) is 5.75 Å². The number of nitrogens with one attached hydrogen (secondary N) is 1. The molecule has 1 atom stereocenters. The number of ether oxygens (including phenoxy) is 2. The van der Waals surface area contributed by atoms with Crippen LogP contribution >= 0.6 is 0 Å². The number of carbonyl (C=O) groups excluding carboxylic acids is 1. The lowest BCUT2D eigenvalue weighted by Crippen LogP contribution is -2.43. The van der Waals surface area contributed by atoms with Gasteiger partial charge in [-0.1, -0.05) is 48.5 Å². The van der Waals surface area contributed by atoms with Crippen molar-refractivity contribution >= 4 is 5.91 Å². The van der Waals surface area contributed by atoms with Gasteiger partial charge in [-0.2, -0.15) is 0 Å². The molecule has 1 N–H and O–H groups in total. The Bertz CT molecular complexity index is 730. The maximum absolute atomic E-state index is 12.5. The molecule has 0 spiro atoms. The fourth-order valence-electron chi connectivity index (χ4n) is 3.36. The molecule has 2 aromatic carbocycles. The van der Waals surface area contributed by atoms with E-state index in [-0.39, 0.29) is 11.9 Å². The maximum atomic E-state index is 12.5. The highest BCUT2D eigenvalue weighted by atomic mass is 16.5. The number of para-hydroxylation sites is 1. The molecular weight excluding hydrogens is 352 g/mol. The number of aryl methyl sites for hydroxylation is 1. The molecule has 0 radical (unpaired) electrons. The molecule has 1 aliphatic rings. The van der Waals surface area contributed by atoms with Gasteiger partial charge < -0.3 is 14.8 Å². The third-order valence-corrected chi connectivity index (χ3v) is 4.98. The van der Waals surface area contributed by atoms with Gasteiger partial charge in [-0.3, -0.25) is 9.69 Å². The molecule has 0 saturated carbocycles. The molecule has 1 saturated heterocycles. The first-order valence-electron chi connectivity index (χ1n) is 10.1. The van der Waals surface area contributed by atoms with E-state index in [2.05, 4.69) is 22.3 Å². The van der Waals surface area contributed by atoms with Gasteiger partial charge in [0, 0.05) is 26.1 Å². The van der Waals surface area contributed by atoms with Crippen LogP contribution in [-0.4, -0.2) is 50.3 Å². The highest BCUT2D eigenvalue weighted by Gasteiger charge is 2.20. The number of benzene rings is 2. The molecule has 1 fully saturated rings. The van der Waals surface area contributed by atoms with Crippen molar-refractivity contribution in [2.75, 3.05) is 39.5 Å². The number of carbonyl (C=O) groups is 1. The Kier molecular flexibility index (Phi) is 7.88. The van der Waals surface area contributed by atoms with Crippen LogP contribution in [0.1, 0.15) is 30.0 Å². The highest BCUT2D eigenvalue weighted by molar-refractivity contribution is 5.76. The Morgan fingerprint density at radius 1 is 1.11 bits per heavy atom. The van der Waals surface area contributed by atoms with Crippen LogP contribution in [0.3, 0.4) is 0 Å². The lowest BCUT2D eigenvalue weighted by Gasteiger charge is -2.31. The number of morpholine rings is 1. The first-order chi connectivity index (χ1) is 13.7. The SMILES string of the molecule is Cc1ccccc1OCCCC(=O)NC(CN1CCOCC1)c1ccccc1. The Labute approximate surface area is 167 Å². The molecule has 0 aromatic heterocycles. The molecule has 2 aromatic rings. The predicted molar refractivity (Wildman–Crippen MR) is 110 cm³/mol. The number of hydrogen-bond donors (Lipinski definition) is 1. The van der Waals surface area contributed by atoms with E-state index >= 15 is 0 Å². The van der Waals surface area contributed by atoms with Gasteiger partial charge in [0.25, 0.3) is 0 Å². The zero-order valence-corrected chi connectivity index (χ0v) is 16.6. The smallest absolute Gasteiger partial charge is 0.220 e. The van der Waals surface area contributed by atoms with Crippen molar-refractivity contribution in [3.8, 4) is 5.75 Å². The molecule has 1 aliphatic heterocycles. The third-order valence-electron chi connectivity index (χ3n) is 4.98. The number of amides is 1. The number of hydrogen-bond acceptors (Lipinski definition) is 4. The van der Waals surface area contributed by atoms with Gasteiger partial charge in [-0.15, -0.1) is 0 Å². The fraction of sp³-hybridized carbons (Fsp3) is 0.435. The predicted octanol–water partition coefficient (Wildman–Crippen LogP) is 3.34. The van der Waals surface area contributed by atoms with Gasteiger partial charge in [0.15, 0.2) is 0 Å². The third kappa shape index (κ3) is 6.36. The fourth-order valence-corrected chi connectivity index (χ4v) is 3.36. The Hall–Kier alpha value is -2.37. The second kappa shape index (κ2) is 10.8. The lowest BCUT2D eigenvalue weighted by atomic mass is 10.1. The molecule has 5 heteroatoms. The molecule has 1 heterocycles. The molecule has 5 nitrogen and oxygen atoms in total. The normalized spacial score (nSPS) is 15.8. The minimum Gasteiger partial charge on any atom is -0.493 e. The maximum Gasteiger partial charge on any atom is 0.220 e. The van der Waals surface area contributed by atoms with Gasteiger partial charge in [0.05, 0.1) is 25.9 Å². The van der Waals surface area contributed by atoms with Gasteiger partial charge in [0.1, 0.15) is 5.75 Å². The molecule has 28 heavy (non-hydrogen) atoms. The number of rotatable bonds is 9. The van der Waals surface area contributed by atoms with E-state index in [1.165, 1.54) is 0 Å². The van der Waals surface area contributed by atoms with Crippen LogP contribution in [0.15, 0.2) is 54.6 Å². The van der Waals surface area contributed by atoms with Crippen molar-refractivity contribution in [2.45, 2.75) is 25.8 Å². The first-order valence-corrected chi connectivity index (χ1v) is 10.1. The monoisotopic (exact) mass is 382 g/mol. The summed E-state index contributed by atoms with van der Waals surface area (Å²) in [5, 5.41) is 3.21. The van der Waals surface area contributed by atoms with E-state index in [9.17, 15) is 4.79 Å². The van der Waals surface area contributed by atoms with E-state index in [1.807, 2.05) is 49.4 Å². The highest BCUT2D eigenvalue weighted by Crippen LogP contribution is 2.17. The zero-order chi connectivity index (χ0) is 19.6. The second-order valence-electron chi connectivity index (χ2n) is 7.16. The lowest BCUT2D eigenvalue weighted by molar-refractivity contribution is -0.122. The van der Waals surface area contributed by atoms with E-state index in [4.69, 9.17) is 9.47 Å². The zero-order valence-electron chi connectivity index (χ0n) is 16.6. The molecule has 150 valence electrons. The minimum absolute atomic E-state index is 0.0101. The Balaban J connectivity index is 1.48. The van der Waals surface area contributed by atoms with Crippen molar-refractivity contribution in [3.63, 3.8) is 0 Å². The largest absolute Gasteiger partial charge is 0.493 e. The summed E-state index contributed by atoms with van der Waals surface area (Å²) in [6.07, 6.45) is 1.15. The van der Waals surface area contributed by atoms with Crippen LogP contribution in [0.2, 0.25) is 0 Å². The summed E-state index contributed by atoms with van der Waals surface area (Å²) in [7, 11) is 0. The van der Waals surface area contributed by atoms with Crippen molar-refractivity contribution in [1.29, 1.82) is 0 Å². The topological polar surface area (TPSA) is 50.8 Å². The Morgan fingerprint density at radius 2 is 1.82 bits per heavy atom. The van der Waals surface area contributed by atoms with Crippen LogP contribution in [0.4, 0.5) is 0 Å². The molecule has 1 unspecified atom stereocenters. The van der Waals surface area contributed by atoms with Gasteiger partial charge >= 0.3 is 0 Å². The summed E-state index contributed by atoms with van der Waals surface area (Å²) in [6, 6.07) is 18.1. The van der Waals surface area contributed by atoms with Gasteiger partial charge in [-0.25, -0.2) is 0 Å². The molecular formula is C23H30N2O3. The summed E-state index contributed by atoms with van der Waals surface area (Å²) >= 11 is 0. The molecule has 3 rings (SSSR count). The van der Waals surface area contributed by atoms with Crippen molar-refractivity contribution < 1.29 is 14.3 Å². The molecule has 0 aliphatic carbocycles. The van der Waals surface area contributed by atoms with Crippen LogP contribution in [0.25, 0.3) is 0 Å². The molecule has 1 amide bonds. The van der Waals surface area contributed by atoms with Crippen LogP contribution < -0.4 is 10.1 Å². The van der Waals surface area contributed by atoms with E-state index < -0.39 is 0 Å². The summed E-state index contributed by atoms with van der Waals surface area (Å²) in [4.78, 5) is 14.9. The summed E-state index contributed by atoms with van der Waals surface area (Å²) in [5.41, 5.74) is 2.25. The summed E-state index contributed by atoms with van der Waals surface area (Å²) in [6.45, 7) is 6.69. The van der Waals surface area contributed by atoms with Crippen molar-refractivity contribution in [2.24, 2.45) is 0 Å². The Morgan fingerprint density at radius 3 is 2.57 bits per heavy atom. The van der Waals surface area contributed by atoms with Crippen LogP contribution in [0, 0.1) is 6.92 Å². The number of nitrogens with zero attached hydrogens (tertiary/aromatic N) is 1. The standard InChI is InChI=1S/C23H30N2O3/c1-19-8-5-6-11-22(19)28-15-7-12-23(26)24-21(20-9-3-2-4-10-20)18-25-13-16-27-17-14-25/h2-6,8-11,21H,7,12-18H2,1H3,(H,24,26). The van der Waals surface area contributed by atoms with Gasteiger partial charge in [-0.05, 0) is 30.5 Å². The summed E-state index contributed by atoms with van der Waals surface area (Å²) in [5.74, 6) is 0.952. The van der Waals surface area contributed by atoms with Gasteiger partial charge in [0.2, 0.25) is 5.91 Å². The van der Waals surface area contributed by atoms with E-state index in [1.54, 1.807) is 0 Å². The minimum atomic E-state index is -0.0101. The summed E-state index contributed by atoms with van der Waals surface area (Å²) < 4.78 is 11.2. The second-order valence-corrected chi connectivity index (χ2v) is 7.16. The average molecular weight is 383 g/mol. The van der Waals surface area contributed by atoms with E-state index in [0.717, 1.165) is 49.7 Å².